The lowest BCUT2D eigenvalue weighted by molar-refractivity contribution is -0.119. The van der Waals surface area contributed by atoms with Crippen LogP contribution in [0.25, 0.3) is 0 Å². The summed E-state index contributed by atoms with van der Waals surface area (Å²) in [5.41, 5.74) is 7.65. The largest absolute Gasteiger partial charge is 0.381 e. The number of carbonyl (C=O) groups is 1. The molecule has 3 rings (SSSR count). The first kappa shape index (κ1) is 16.5. The molecule has 1 aromatic rings. The molecule has 1 aromatic heterocycles. The van der Waals surface area contributed by atoms with Crippen LogP contribution >= 0.6 is 0 Å². The molecule has 2 heterocycles. The topological polar surface area (TPSA) is 93.0 Å². The molecule has 2 aliphatic rings. The second-order valence-corrected chi connectivity index (χ2v) is 8.05. The number of ether oxygens (including phenoxy) is 1. The van der Waals surface area contributed by atoms with Gasteiger partial charge in [-0.25, -0.2) is 0 Å². The molecular weight excluding hydrogens is 292 g/mol. The molecule has 1 saturated heterocycles. The zero-order valence-corrected chi connectivity index (χ0v) is 14.5. The van der Waals surface area contributed by atoms with Crippen molar-refractivity contribution in [1.82, 2.24) is 10.2 Å². The van der Waals surface area contributed by atoms with E-state index in [1.807, 2.05) is 6.07 Å². The van der Waals surface area contributed by atoms with Crippen molar-refractivity contribution < 1.29 is 9.53 Å². The standard InChI is InChI=1S/C17H28N4O2/c1-16(2)14(17(16,3)4)11-9-12(21-20-11)19-15(22)13(18)10-5-7-23-8-6-10/h9-10,13-14H,5-8,18H2,1-4H3,(H2,19,20,21,22). The van der Waals surface area contributed by atoms with Crippen molar-refractivity contribution in [2.45, 2.75) is 52.5 Å². The molecule has 6 nitrogen and oxygen atoms in total. The number of nitrogens with two attached hydrogens (primary N) is 1. The van der Waals surface area contributed by atoms with Gasteiger partial charge < -0.3 is 15.8 Å². The SMILES string of the molecule is CC1(C)C(c2cc(NC(=O)C(N)C3CCOCC3)n[nH]2)C1(C)C. The average molecular weight is 320 g/mol. The number of amides is 1. The molecule has 1 aliphatic carbocycles. The predicted octanol–water partition coefficient (Wildman–Crippen LogP) is 2.25. The minimum absolute atomic E-state index is 0.163. The van der Waals surface area contributed by atoms with Gasteiger partial charge in [-0.3, -0.25) is 9.89 Å². The van der Waals surface area contributed by atoms with E-state index < -0.39 is 6.04 Å². The smallest absolute Gasteiger partial charge is 0.242 e. The predicted molar refractivity (Wildman–Crippen MR) is 89.0 cm³/mol. The number of nitrogens with one attached hydrogen (secondary N) is 2. The van der Waals surface area contributed by atoms with Gasteiger partial charge in [0.2, 0.25) is 5.91 Å². The molecule has 1 saturated carbocycles. The Bertz CT molecular complexity index is 573. The molecule has 1 atom stereocenters. The summed E-state index contributed by atoms with van der Waals surface area (Å²) < 4.78 is 5.32. The molecule has 1 aliphatic heterocycles. The number of hydrogen-bond donors (Lipinski definition) is 3. The lowest BCUT2D eigenvalue weighted by Gasteiger charge is -2.26. The molecule has 0 spiro atoms. The fraction of sp³-hybridized carbons (Fsp3) is 0.765. The fourth-order valence-electron chi connectivity index (χ4n) is 4.02. The number of hydrogen-bond acceptors (Lipinski definition) is 4. The number of aromatic amines is 1. The second-order valence-electron chi connectivity index (χ2n) is 8.05. The monoisotopic (exact) mass is 320 g/mol. The number of anilines is 1. The summed E-state index contributed by atoms with van der Waals surface area (Å²) in [6.45, 7) is 10.4. The van der Waals surface area contributed by atoms with E-state index in [0.29, 0.717) is 24.9 Å². The Kier molecular flexibility index (Phi) is 4.01. The Labute approximate surface area is 137 Å². The Balaban J connectivity index is 1.62. The minimum Gasteiger partial charge on any atom is -0.381 e. The Morgan fingerprint density at radius 2 is 1.96 bits per heavy atom. The Hall–Kier alpha value is -1.40. The summed E-state index contributed by atoms with van der Waals surface area (Å²) in [5, 5.41) is 10.2. The van der Waals surface area contributed by atoms with Crippen LogP contribution in [-0.2, 0) is 9.53 Å². The van der Waals surface area contributed by atoms with Crippen molar-refractivity contribution in [2.24, 2.45) is 22.5 Å². The van der Waals surface area contributed by atoms with Gasteiger partial charge in [0.25, 0.3) is 0 Å². The van der Waals surface area contributed by atoms with Crippen LogP contribution in [0.3, 0.4) is 0 Å². The van der Waals surface area contributed by atoms with Crippen molar-refractivity contribution in [3.8, 4) is 0 Å². The van der Waals surface area contributed by atoms with Crippen LogP contribution in [-0.4, -0.2) is 35.4 Å². The minimum atomic E-state index is -0.507. The molecular formula is C17H28N4O2. The van der Waals surface area contributed by atoms with Gasteiger partial charge in [-0.2, -0.15) is 5.10 Å². The van der Waals surface area contributed by atoms with Gasteiger partial charge in [-0.05, 0) is 29.6 Å². The lowest BCUT2D eigenvalue weighted by atomic mass is 9.92. The fourth-order valence-corrected chi connectivity index (χ4v) is 4.02. The van der Waals surface area contributed by atoms with Crippen LogP contribution in [0.2, 0.25) is 0 Å². The Morgan fingerprint density at radius 3 is 2.52 bits per heavy atom. The average Bonchev–Trinajstić information content (AvgIpc) is 2.82. The van der Waals surface area contributed by atoms with E-state index in [4.69, 9.17) is 10.5 Å². The number of rotatable bonds is 4. The summed E-state index contributed by atoms with van der Waals surface area (Å²) >= 11 is 0. The lowest BCUT2D eigenvalue weighted by Crippen LogP contribution is -2.44. The third-order valence-corrected chi connectivity index (χ3v) is 6.26. The van der Waals surface area contributed by atoms with Gasteiger partial charge in [0.15, 0.2) is 5.82 Å². The van der Waals surface area contributed by atoms with Crippen LogP contribution in [0.5, 0.6) is 0 Å². The maximum absolute atomic E-state index is 12.3. The summed E-state index contributed by atoms with van der Waals surface area (Å²) in [4.78, 5) is 12.3. The molecule has 6 heteroatoms. The molecule has 0 radical (unpaired) electrons. The first-order valence-corrected chi connectivity index (χ1v) is 8.44. The van der Waals surface area contributed by atoms with Crippen molar-refractivity contribution >= 4 is 11.7 Å². The van der Waals surface area contributed by atoms with Gasteiger partial charge in [0.1, 0.15) is 0 Å². The second kappa shape index (κ2) is 5.60. The molecule has 2 fully saturated rings. The van der Waals surface area contributed by atoms with Crippen molar-refractivity contribution in [3.63, 3.8) is 0 Å². The third kappa shape index (κ3) is 2.78. The van der Waals surface area contributed by atoms with E-state index in [9.17, 15) is 4.79 Å². The number of nitrogens with zero attached hydrogens (tertiary/aromatic N) is 1. The van der Waals surface area contributed by atoms with Gasteiger partial charge in [0, 0.05) is 30.9 Å². The van der Waals surface area contributed by atoms with Gasteiger partial charge in [-0.1, -0.05) is 27.7 Å². The molecule has 0 aromatic carbocycles. The van der Waals surface area contributed by atoms with Crippen LogP contribution in [0.4, 0.5) is 5.82 Å². The maximum atomic E-state index is 12.3. The Morgan fingerprint density at radius 1 is 1.35 bits per heavy atom. The van der Waals surface area contributed by atoms with E-state index in [1.54, 1.807) is 0 Å². The highest BCUT2D eigenvalue weighted by Gasteiger charge is 2.65. The normalized spacial score (nSPS) is 25.1. The van der Waals surface area contributed by atoms with E-state index in [-0.39, 0.29) is 22.7 Å². The third-order valence-electron chi connectivity index (χ3n) is 6.26. The summed E-state index contributed by atoms with van der Waals surface area (Å²) in [5.74, 6) is 1.01. The highest BCUT2D eigenvalue weighted by molar-refractivity contribution is 5.94. The van der Waals surface area contributed by atoms with E-state index in [2.05, 4.69) is 43.2 Å². The molecule has 23 heavy (non-hydrogen) atoms. The van der Waals surface area contributed by atoms with Gasteiger partial charge in [0.05, 0.1) is 6.04 Å². The van der Waals surface area contributed by atoms with Crippen LogP contribution in [0, 0.1) is 16.7 Å². The number of carbonyl (C=O) groups excluding carboxylic acids is 1. The number of H-pyrrole nitrogens is 1. The zero-order valence-electron chi connectivity index (χ0n) is 14.5. The molecule has 1 unspecified atom stereocenters. The molecule has 1 amide bonds. The first-order valence-electron chi connectivity index (χ1n) is 8.44. The van der Waals surface area contributed by atoms with E-state index >= 15 is 0 Å². The number of aromatic nitrogens is 2. The summed E-state index contributed by atoms with van der Waals surface area (Å²) in [7, 11) is 0. The maximum Gasteiger partial charge on any atom is 0.242 e. The highest BCUT2D eigenvalue weighted by Crippen LogP contribution is 2.73. The van der Waals surface area contributed by atoms with Gasteiger partial charge in [-0.15, -0.1) is 0 Å². The summed E-state index contributed by atoms with van der Waals surface area (Å²) in [6, 6.07) is 1.43. The van der Waals surface area contributed by atoms with Crippen LogP contribution < -0.4 is 11.1 Å². The van der Waals surface area contributed by atoms with Crippen LogP contribution in [0.15, 0.2) is 6.07 Å². The van der Waals surface area contributed by atoms with Crippen LogP contribution in [0.1, 0.15) is 52.1 Å². The van der Waals surface area contributed by atoms with Gasteiger partial charge >= 0.3 is 0 Å². The van der Waals surface area contributed by atoms with Crippen molar-refractivity contribution in [3.05, 3.63) is 11.8 Å². The molecule has 4 N–H and O–H groups in total. The molecule has 0 bridgehead atoms. The zero-order chi connectivity index (χ0) is 16.8. The van der Waals surface area contributed by atoms with E-state index in [1.165, 1.54) is 0 Å². The summed E-state index contributed by atoms with van der Waals surface area (Å²) in [6.07, 6.45) is 1.68. The molecule has 128 valence electrons. The van der Waals surface area contributed by atoms with Crippen molar-refractivity contribution in [1.29, 1.82) is 0 Å². The first-order chi connectivity index (χ1) is 10.7. The quantitative estimate of drug-likeness (QED) is 0.793. The van der Waals surface area contributed by atoms with Crippen molar-refractivity contribution in [2.75, 3.05) is 18.5 Å². The van der Waals surface area contributed by atoms with E-state index in [0.717, 1.165) is 18.5 Å². The highest BCUT2D eigenvalue weighted by atomic mass is 16.5.